The van der Waals surface area contributed by atoms with Crippen LogP contribution in [-0.4, -0.2) is 27.5 Å². The van der Waals surface area contributed by atoms with Crippen LogP contribution in [0.4, 0.5) is 0 Å². The van der Waals surface area contributed by atoms with E-state index in [0.717, 1.165) is 22.3 Å². The van der Waals surface area contributed by atoms with Crippen molar-refractivity contribution in [3.05, 3.63) is 82.5 Å². The number of hydrogen-bond acceptors (Lipinski definition) is 4. The molecule has 3 aromatic rings. The maximum absolute atomic E-state index is 13.1. The summed E-state index contributed by atoms with van der Waals surface area (Å²) in [4.78, 5) is 19.2. The van der Waals surface area contributed by atoms with E-state index < -0.39 is 0 Å². The number of nitrogens with zero attached hydrogens (tertiary/aromatic N) is 3. The maximum Gasteiger partial charge on any atom is 0.293 e. The average Bonchev–Trinajstić information content (AvgIpc) is 3.05. The summed E-state index contributed by atoms with van der Waals surface area (Å²) >= 11 is 0. The summed E-state index contributed by atoms with van der Waals surface area (Å²) in [6, 6.07) is 11.7. The Labute approximate surface area is 153 Å². The van der Waals surface area contributed by atoms with Gasteiger partial charge in [-0.25, -0.2) is 0 Å². The Hall–Kier alpha value is -2.95. The van der Waals surface area contributed by atoms with Gasteiger partial charge in [-0.15, -0.1) is 0 Å². The van der Waals surface area contributed by atoms with E-state index in [1.165, 1.54) is 0 Å². The number of carbonyl (C=O) groups is 1. The first-order valence-corrected chi connectivity index (χ1v) is 8.72. The Kier molecular flexibility index (Phi) is 5.16. The van der Waals surface area contributed by atoms with Crippen molar-refractivity contribution >= 4 is 5.91 Å². The summed E-state index contributed by atoms with van der Waals surface area (Å²) in [5.74, 6) is 0.0729. The SMILES string of the molecule is CCN(C(=O)c1cc(C)no1)[C@@H](c1cccnc1)c1cc(C)cc(C)c1. The standard InChI is InChI=1S/C21H23N3O2/c1-5-24(21(25)19-12-16(4)23-26-19)20(17-7-6-8-22-13-17)18-10-14(2)9-15(3)11-18/h6-13,20H,5H2,1-4H3/t20-/m0/s1. The second kappa shape index (κ2) is 7.52. The van der Waals surface area contributed by atoms with Gasteiger partial charge in [-0.3, -0.25) is 9.78 Å². The molecule has 0 aliphatic rings. The van der Waals surface area contributed by atoms with Crippen LogP contribution in [0.3, 0.4) is 0 Å². The molecule has 5 heteroatoms. The first-order valence-electron chi connectivity index (χ1n) is 8.72. The van der Waals surface area contributed by atoms with E-state index in [1.54, 1.807) is 24.1 Å². The summed E-state index contributed by atoms with van der Waals surface area (Å²) in [6.45, 7) is 8.43. The normalized spacial score (nSPS) is 12.0. The lowest BCUT2D eigenvalue weighted by atomic mass is 9.95. The van der Waals surface area contributed by atoms with E-state index in [4.69, 9.17) is 4.52 Å². The number of pyridine rings is 1. The lowest BCUT2D eigenvalue weighted by Gasteiger charge is -2.31. The third-order valence-corrected chi connectivity index (χ3v) is 4.31. The molecule has 0 fully saturated rings. The van der Waals surface area contributed by atoms with Crippen molar-refractivity contribution in [2.45, 2.75) is 33.7 Å². The van der Waals surface area contributed by atoms with Crippen molar-refractivity contribution in [2.24, 2.45) is 0 Å². The van der Waals surface area contributed by atoms with Crippen LogP contribution in [0.25, 0.3) is 0 Å². The molecular formula is C21H23N3O2. The molecule has 1 amide bonds. The van der Waals surface area contributed by atoms with Gasteiger partial charge in [-0.05, 0) is 44.9 Å². The minimum Gasteiger partial charge on any atom is -0.351 e. The van der Waals surface area contributed by atoms with Crippen LogP contribution < -0.4 is 0 Å². The minimum absolute atomic E-state index is 0.180. The molecule has 0 saturated heterocycles. The molecule has 0 radical (unpaired) electrons. The third-order valence-electron chi connectivity index (χ3n) is 4.31. The molecule has 0 aliphatic carbocycles. The monoisotopic (exact) mass is 349 g/mol. The van der Waals surface area contributed by atoms with Gasteiger partial charge in [-0.1, -0.05) is 40.5 Å². The van der Waals surface area contributed by atoms with Gasteiger partial charge in [0.1, 0.15) is 0 Å². The number of rotatable bonds is 5. The predicted molar refractivity (Wildman–Crippen MR) is 99.9 cm³/mol. The van der Waals surface area contributed by atoms with Crippen molar-refractivity contribution in [3.8, 4) is 0 Å². The summed E-state index contributed by atoms with van der Waals surface area (Å²) < 4.78 is 5.22. The molecular weight excluding hydrogens is 326 g/mol. The zero-order valence-electron chi connectivity index (χ0n) is 15.6. The quantitative estimate of drug-likeness (QED) is 0.691. The van der Waals surface area contributed by atoms with Crippen molar-refractivity contribution in [1.82, 2.24) is 15.0 Å². The highest BCUT2D eigenvalue weighted by atomic mass is 16.5. The van der Waals surface area contributed by atoms with E-state index >= 15 is 0 Å². The zero-order chi connectivity index (χ0) is 18.7. The van der Waals surface area contributed by atoms with Crippen LogP contribution in [0.5, 0.6) is 0 Å². The van der Waals surface area contributed by atoms with E-state index in [1.807, 2.05) is 25.3 Å². The molecule has 134 valence electrons. The zero-order valence-corrected chi connectivity index (χ0v) is 15.6. The number of aromatic nitrogens is 2. The van der Waals surface area contributed by atoms with E-state index in [2.05, 4.69) is 42.2 Å². The highest BCUT2D eigenvalue weighted by molar-refractivity contribution is 5.92. The van der Waals surface area contributed by atoms with Gasteiger partial charge in [0.05, 0.1) is 11.7 Å². The summed E-state index contributed by atoms with van der Waals surface area (Å²) in [5, 5.41) is 3.85. The fourth-order valence-electron chi connectivity index (χ4n) is 3.31. The Bertz CT molecular complexity index is 882. The van der Waals surface area contributed by atoms with Gasteiger partial charge >= 0.3 is 0 Å². The van der Waals surface area contributed by atoms with Crippen LogP contribution in [0.1, 0.15) is 51.5 Å². The Morgan fingerprint density at radius 2 is 1.85 bits per heavy atom. The molecule has 3 rings (SSSR count). The Balaban J connectivity index is 2.10. The van der Waals surface area contributed by atoms with Crippen LogP contribution in [-0.2, 0) is 0 Å². The van der Waals surface area contributed by atoms with Crippen molar-refractivity contribution < 1.29 is 9.32 Å². The smallest absolute Gasteiger partial charge is 0.293 e. The topological polar surface area (TPSA) is 59.2 Å². The molecule has 2 heterocycles. The van der Waals surface area contributed by atoms with Crippen LogP contribution in [0.2, 0.25) is 0 Å². The van der Waals surface area contributed by atoms with Crippen molar-refractivity contribution in [2.75, 3.05) is 6.54 Å². The van der Waals surface area contributed by atoms with Gasteiger partial charge in [0.2, 0.25) is 5.76 Å². The minimum atomic E-state index is -0.245. The maximum atomic E-state index is 13.1. The molecule has 0 spiro atoms. The molecule has 0 unspecified atom stereocenters. The molecule has 0 bridgehead atoms. The Morgan fingerprint density at radius 3 is 2.38 bits per heavy atom. The summed E-state index contributed by atoms with van der Waals surface area (Å²) in [5.41, 5.74) is 5.03. The van der Waals surface area contributed by atoms with Gasteiger partial charge in [-0.2, -0.15) is 0 Å². The van der Waals surface area contributed by atoms with E-state index in [0.29, 0.717) is 12.2 Å². The second-order valence-electron chi connectivity index (χ2n) is 6.53. The van der Waals surface area contributed by atoms with Gasteiger partial charge in [0.25, 0.3) is 5.91 Å². The average molecular weight is 349 g/mol. The summed E-state index contributed by atoms with van der Waals surface area (Å²) in [7, 11) is 0. The molecule has 2 aromatic heterocycles. The number of aryl methyl sites for hydroxylation is 3. The van der Waals surface area contributed by atoms with Gasteiger partial charge in [0, 0.05) is 25.0 Å². The summed E-state index contributed by atoms with van der Waals surface area (Å²) in [6.07, 6.45) is 3.55. The largest absolute Gasteiger partial charge is 0.351 e. The van der Waals surface area contributed by atoms with Gasteiger partial charge in [0.15, 0.2) is 0 Å². The van der Waals surface area contributed by atoms with Gasteiger partial charge < -0.3 is 9.42 Å². The molecule has 0 aliphatic heterocycles. The Morgan fingerprint density at radius 1 is 1.12 bits per heavy atom. The lowest BCUT2D eigenvalue weighted by molar-refractivity contribution is 0.0674. The van der Waals surface area contributed by atoms with Crippen molar-refractivity contribution in [3.63, 3.8) is 0 Å². The second-order valence-corrected chi connectivity index (χ2v) is 6.53. The first-order chi connectivity index (χ1) is 12.5. The number of benzene rings is 1. The van der Waals surface area contributed by atoms with Crippen LogP contribution in [0.15, 0.2) is 53.3 Å². The number of amides is 1. The third kappa shape index (κ3) is 3.67. The molecule has 0 saturated carbocycles. The fraction of sp³-hybridized carbons (Fsp3) is 0.286. The van der Waals surface area contributed by atoms with Crippen LogP contribution in [0, 0.1) is 20.8 Å². The highest BCUT2D eigenvalue weighted by Gasteiger charge is 2.29. The molecule has 26 heavy (non-hydrogen) atoms. The van der Waals surface area contributed by atoms with E-state index in [9.17, 15) is 4.79 Å². The lowest BCUT2D eigenvalue weighted by Crippen LogP contribution is -2.35. The molecule has 0 N–H and O–H groups in total. The number of hydrogen-bond donors (Lipinski definition) is 0. The first kappa shape index (κ1) is 17.9. The highest BCUT2D eigenvalue weighted by Crippen LogP contribution is 2.31. The fourth-order valence-corrected chi connectivity index (χ4v) is 3.31. The van der Waals surface area contributed by atoms with Crippen LogP contribution >= 0.6 is 0 Å². The predicted octanol–water partition coefficient (Wildman–Crippen LogP) is 4.25. The molecule has 1 aromatic carbocycles. The molecule has 5 nitrogen and oxygen atoms in total. The molecule has 1 atom stereocenters. The number of carbonyl (C=O) groups excluding carboxylic acids is 1. The van der Waals surface area contributed by atoms with E-state index in [-0.39, 0.29) is 17.7 Å². The van der Waals surface area contributed by atoms with Crippen molar-refractivity contribution in [1.29, 1.82) is 0 Å².